The second-order valence-corrected chi connectivity index (χ2v) is 4.98. The van der Waals surface area contributed by atoms with Crippen molar-refractivity contribution in [3.8, 4) is 0 Å². The van der Waals surface area contributed by atoms with Gasteiger partial charge < -0.3 is 10.6 Å². The molecule has 1 aliphatic rings. The normalized spacial score (nSPS) is 16.1. The number of para-hydroxylation sites is 1. The number of nitrogens with zero attached hydrogens (tertiary/aromatic N) is 3. The number of piperazine rings is 1. The summed E-state index contributed by atoms with van der Waals surface area (Å²) in [5.41, 5.74) is 6.67. The van der Waals surface area contributed by atoms with Crippen LogP contribution < -0.4 is 10.6 Å². The molecule has 1 aliphatic heterocycles. The van der Waals surface area contributed by atoms with Crippen LogP contribution in [0.5, 0.6) is 0 Å². The lowest BCUT2D eigenvalue weighted by Gasteiger charge is -2.35. The van der Waals surface area contributed by atoms with Gasteiger partial charge in [-0.25, -0.2) is 4.98 Å². The van der Waals surface area contributed by atoms with Crippen LogP contribution >= 0.6 is 12.4 Å². The molecule has 0 atom stereocenters. The SMILES string of the molecule is Cl.NCCN1CCN(c2ccc3ccccc3n2)CC1. The molecule has 5 heteroatoms. The summed E-state index contributed by atoms with van der Waals surface area (Å²) >= 11 is 0. The summed E-state index contributed by atoms with van der Waals surface area (Å²) < 4.78 is 0. The van der Waals surface area contributed by atoms with Gasteiger partial charge >= 0.3 is 0 Å². The molecule has 0 amide bonds. The molecule has 0 aliphatic carbocycles. The first-order valence-corrected chi connectivity index (χ1v) is 6.90. The van der Waals surface area contributed by atoms with Crippen LogP contribution in [0.15, 0.2) is 36.4 Å². The maximum atomic E-state index is 5.60. The maximum absolute atomic E-state index is 5.60. The van der Waals surface area contributed by atoms with E-state index < -0.39 is 0 Å². The highest BCUT2D eigenvalue weighted by Gasteiger charge is 2.17. The van der Waals surface area contributed by atoms with E-state index in [4.69, 9.17) is 10.7 Å². The highest BCUT2D eigenvalue weighted by atomic mass is 35.5. The van der Waals surface area contributed by atoms with E-state index in [0.29, 0.717) is 0 Å². The molecule has 4 nitrogen and oxygen atoms in total. The molecule has 0 spiro atoms. The summed E-state index contributed by atoms with van der Waals surface area (Å²) in [6.45, 7) is 5.96. The quantitative estimate of drug-likeness (QED) is 0.936. The van der Waals surface area contributed by atoms with Crippen molar-refractivity contribution in [3.05, 3.63) is 36.4 Å². The van der Waals surface area contributed by atoms with Crippen LogP contribution in [0, 0.1) is 0 Å². The van der Waals surface area contributed by atoms with E-state index in [0.717, 1.165) is 50.6 Å². The van der Waals surface area contributed by atoms with Gasteiger partial charge in [-0.05, 0) is 18.2 Å². The Morgan fingerprint density at radius 3 is 2.50 bits per heavy atom. The molecule has 2 aromatic rings. The third-order valence-electron chi connectivity index (χ3n) is 3.73. The smallest absolute Gasteiger partial charge is 0.129 e. The lowest BCUT2D eigenvalue weighted by molar-refractivity contribution is 0.264. The first kappa shape index (κ1) is 15.0. The summed E-state index contributed by atoms with van der Waals surface area (Å²) in [6, 6.07) is 12.5. The Bertz CT molecular complexity index is 552. The van der Waals surface area contributed by atoms with Gasteiger partial charge in [0.25, 0.3) is 0 Å². The molecule has 108 valence electrons. The van der Waals surface area contributed by atoms with Gasteiger partial charge in [0.05, 0.1) is 5.52 Å². The van der Waals surface area contributed by atoms with Crippen LogP contribution in [0.4, 0.5) is 5.82 Å². The highest BCUT2D eigenvalue weighted by Crippen LogP contribution is 2.18. The topological polar surface area (TPSA) is 45.4 Å². The molecular weight excluding hydrogens is 272 g/mol. The second-order valence-electron chi connectivity index (χ2n) is 4.98. The number of hydrogen-bond acceptors (Lipinski definition) is 4. The van der Waals surface area contributed by atoms with Gasteiger partial charge in [-0.1, -0.05) is 18.2 Å². The Morgan fingerprint density at radius 1 is 1.00 bits per heavy atom. The fourth-order valence-corrected chi connectivity index (χ4v) is 2.61. The lowest BCUT2D eigenvalue weighted by Crippen LogP contribution is -2.48. The Kier molecular flexibility index (Phi) is 5.17. The Labute approximate surface area is 126 Å². The maximum Gasteiger partial charge on any atom is 0.129 e. The summed E-state index contributed by atoms with van der Waals surface area (Å²) in [7, 11) is 0. The number of fused-ring (bicyclic) bond motifs is 1. The van der Waals surface area contributed by atoms with Crippen LogP contribution in [-0.4, -0.2) is 49.2 Å². The summed E-state index contributed by atoms with van der Waals surface area (Å²) in [6.07, 6.45) is 0. The zero-order valence-corrected chi connectivity index (χ0v) is 12.4. The predicted molar refractivity (Wildman–Crippen MR) is 86.7 cm³/mol. The molecule has 2 N–H and O–H groups in total. The van der Waals surface area contributed by atoms with Crippen molar-refractivity contribution >= 4 is 29.1 Å². The van der Waals surface area contributed by atoms with Gasteiger partial charge in [0.15, 0.2) is 0 Å². The Morgan fingerprint density at radius 2 is 1.75 bits per heavy atom. The first-order chi connectivity index (χ1) is 9.36. The van der Waals surface area contributed by atoms with Gasteiger partial charge in [-0.15, -0.1) is 12.4 Å². The van der Waals surface area contributed by atoms with Crippen LogP contribution in [0.3, 0.4) is 0 Å². The van der Waals surface area contributed by atoms with Gasteiger partial charge in [0, 0.05) is 44.7 Å². The molecule has 20 heavy (non-hydrogen) atoms. The Hall–Kier alpha value is -1.36. The van der Waals surface area contributed by atoms with E-state index in [9.17, 15) is 0 Å². The predicted octanol–water partition coefficient (Wildman–Crippen LogP) is 1.74. The van der Waals surface area contributed by atoms with E-state index in [1.165, 1.54) is 5.39 Å². The van der Waals surface area contributed by atoms with Crippen molar-refractivity contribution < 1.29 is 0 Å². The number of benzene rings is 1. The van der Waals surface area contributed by atoms with E-state index in [1.807, 2.05) is 6.07 Å². The number of anilines is 1. The molecule has 0 bridgehead atoms. The molecular formula is C15H21ClN4. The molecule has 1 saturated heterocycles. The van der Waals surface area contributed by atoms with Gasteiger partial charge in [-0.3, -0.25) is 4.90 Å². The van der Waals surface area contributed by atoms with Crippen molar-refractivity contribution in [2.24, 2.45) is 5.73 Å². The monoisotopic (exact) mass is 292 g/mol. The molecule has 1 fully saturated rings. The number of rotatable bonds is 3. The van der Waals surface area contributed by atoms with E-state index in [1.54, 1.807) is 0 Å². The third kappa shape index (κ3) is 3.20. The fraction of sp³-hybridized carbons (Fsp3) is 0.400. The van der Waals surface area contributed by atoms with Crippen LogP contribution in [0.1, 0.15) is 0 Å². The molecule has 0 unspecified atom stereocenters. The average Bonchev–Trinajstić information content (AvgIpc) is 2.48. The van der Waals surface area contributed by atoms with Gasteiger partial charge in [0.1, 0.15) is 5.82 Å². The lowest BCUT2D eigenvalue weighted by atomic mass is 10.2. The zero-order valence-electron chi connectivity index (χ0n) is 11.5. The molecule has 0 radical (unpaired) electrons. The highest BCUT2D eigenvalue weighted by molar-refractivity contribution is 5.85. The average molecular weight is 293 g/mol. The minimum Gasteiger partial charge on any atom is -0.354 e. The van der Waals surface area contributed by atoms with Crippen LogP contribution in [0.2, 0.25) is 0 Å². The summed E-state index contributed by atoms with van der Waals surface area (Å²) in [5, 5.41) is 1.20. The number of aromatic nitrogens is 1. The van der Waals surface area contributed by atoms with E-state index in [-0.39, 0.29) is 12.4 Å². The molecule has 1 aromatic heterocycles. The van der Waals surface area contributed by atoms with Gasteiger partial charge in [0.2, 0.25) is 0 Å². The number of nitrogens with two attached hydrogens (primary N) is 1. The van der Waals surface area contributed by atoms with Crippen LogP contribution in [0.25, 0.3) is 10.9 Å². The van der Waals surface area contributed by atoms with Crippen molar-refractivity contribution in [2.45, 2.75) is 0 Å². The van der Waals surface area contributed by atoms with E-state index in [2.05, 4.69) is 40.1 Å². The second kappa shape index (κ2) is 6.88. The molecule has 1 aromatic carbocycles. The largest absolute Gasteiger partial charge is 0.354 e. The van der Waals surface area contributed by atoms with E-state index >= 15 is 0 Å². The van der Waals surface area contributed by atoms with Crippen molar-refractivity contribution in [1.29, 1.82) is 0 Å². The minimum atomic E-state index is 0. The molecule has 3 rings (SSSR count). The van der Waals surface area contributed by atoms with Crippen molar-refractivity contribution in [1.82, 2.24) is 9.88 Å². The Balaban J connectivity index is 0.00000147. The zero-order chi connectivity index (χ0) is 13.1. The minimum absolute atomic E-state index is 0. The number of hydrogen-bond donors (Lipinski definition) is 1. The first-order valence-electron chi connectivity index (χ1n) is 6.90. The van der Waals surface area contributed by atoms with Crippen molar-refractivity contribution in [2.75, 3.05) is 44.2 Å². The summed E-state index contributed by atoms with van der Waals surface area (Å²) in [5.74, 6) is 1.09. The fourth-order valence-electron chi connectivity index (χ4n) is 2.61. The number of pyridine rings is 1. The van der Waals surface area contributed by atoms with Crippen molar-refractivity contribution in [3.63, 3.8) is 0 Å². The standard InChI is InChI=1S/C15H20N4.ClH/c16-7-8-18-9-11-19(12-10-18)15-6-5-13-3-1-2-4-14(13)17-15;/h1-6H,7-12,16H2;1H. The summed E-state index contributed by atoms with van der Waals surface area (Å²) in [4.78, 5) is 9.53. The third-order valence-corrected chi connectivity index (χ3v) is 3.73. The van der Waals surface area contributed by atoms with Crippen LogP contribution in [-0.2, 0) is 0 Å². The van der Waals surface area contributed by atoms with Gasteiger partial charge in [-0.2, -0.15) is 0 Å². The molecule has 0 saturated carbocycles. The number of halogens is 1. The molecule has 2 heterocycles.